The number of rotatable bonds is 3. The molecule has 0 atom stereocenters. The number of benzene rings is 2. The number of amides is 1. The van der Waals surface area contributed by atoms with Gasteiger partial charge in [0, 0.05) is 6.92 Å². The van der Waals surface area contributed by atoms with Crippen LogP contribution in [-0.2, 0) is 9.63 Å². The number of anilines is 1. The molecule has 3 nitrogen and oxygen atoms in total. The van der Waals surface area contributed by atoms with Gasteiger partial charge in [-0.1, -0.05) is 42.5 Å². The van der Waals surface area contributed by atoms with E-state index in [1.807, 2.05) is 54.6 Å². The standard InChI is InChI=1S/C15H15NO2/c1-12(17)16(18-2)15-10-8-14(9-11-15)13-6-4-3-5-7-13/h3-11H,1-2H3. The Morgan fingerprint density at radius 3 is 2.00 bits per heavy atom. The number of carbonyl (C=O) groups excluding carboxylic acids is 1. The lowest BCUT2D eigenvalue weighted by atomic mass is 10.1. The van der Waals surface area contributed by atoms with Gasteiger partial charge in [0.05, 0.1) is 12.8 Å². The molecule has 0 spiro atoms. The van der Waals surface area contributed by atoms with Crippen molar-refractivity contribution in [3.05, 3.63) is 54.6 Å². The number of hydroxylamine groups is 1. The summed E-state index contributed by atoms with van der Waals surface area (Å²) in [4.78, 5) is 16.4. The summed E-state index contributed by atoms with van der Waals surface area (Å²) in [5.74, 6) is -0.148. The van der Waals surface area contributed by atoms with Crippen LogP contribution in [0.2, 0.25) is 0 Å². The van der Waals surface area contributed by atoms with Crippen LogP contribution in [0, 0.1) is 0 Å². The predicted molar refractivity (Wildman–Crippen MR) is 72.0 cm³/mol. The first kappa shape index (κ1) is 12.3. The van der Waals surface area contributed by atoms with Crippen LogP contribution < -0.4 is 5.06 Å². The molecule has 0 N–H and O–H groups in total. The fraction of sp³-hybridized carbons (Fsp3) is 0.133. The van der Waals surface area contributed by atoms with E-state index in [4.69, 9.17) is 4.84 Å². The van der Waals surface area contributed by atoms with Gasteiger partial charge in [-0.3, -0.25) is 9.63 Å². The fourth-order valence-corrected chi connectivity index (χ4v) is 1.84. The second-order valence-electron chi connectivity index (χ2n) is 3.91. The Kier molecular flexibility index (Phi) is 3.75. The molecule has 18 heavy (non-hydrogen) atoms. The zero-order valence-corrected chi connectivity index (χ0v) is 10.5. The van der Waals surface area contributed by atoms with Crippen LogP contribution in [0.15, 0.2) is 54.6 Å². The maximum absolute atomic E-state index is 11.3. The lowest BCUT2D eigenvalue weighted by molar-refractivity contribution is -0.122. The molecule has 2 rings (SSSR count). The van der Waals surface area contributed by atoms with Crippen molar-refractivity contribution in [3.63, 3.8) is 0 Å². The molecule has 0 saturated heterocycles. The second kappa shape index (κ2) is 5.47. The molecule has 2 aromatic carbocycles. The van der Waals surface area contributed by atoms with Gasteiger partial charge in [0.15, 0.2) is 0 Å². The van der Waals surface area contributed by atoms with E-state index in [0.717, 1.165) is 16.8 Å². The molecule has 3 heteroatoms. The van der Waals surface area contributed by atoms with Crippen LogP contribution in [0.25, 0.3) is 11.1 Å². The normalized spacial score (nSPS) is 10.1. The molecule has 0 aliphatic heterocycles. The largest absolute Gasteiger partial charge is 0.273 e. The summed E-state index contributed by atoms with van der Waals surface area (Å²) in [7, 11) is 1.48. The molecule has 0 bridgehead atoms. The van der Waals surface area contributed by atoms with E-state index < -0.39 is 0 Å². The summed E-state index contributed by atoms with van der Waals surface area (Å²) in [5, 5.41) is 1.26. The van der Waals surface area contributed by atoms with E-state index in [1.165, 1.54) is 19.1 Å². The zero-order chi connectivity index (χ0) is 13.0. The number of hydrogen-bond acceptors (Lipinski definition) is 2. The first-order chi connectivity index (χ1) is 8.72. The highest BCUT2D eigenvalue weighted by atomic mass is 16.7. The average Bonchev–Trinajstić information content (AvgIpc) is 2.41. The molecule has 0 fully saturated rings. The van der Waals surface area contributed by atoms with Crippen LogP contribution in [0.3, 0.4) is 0 Å². The average molecular weight is 241 g/mol. The quantitative estimate of drug-likeness (QED) is 0.772. The molecule has 0 aliphatic rings. The third kappa shape index (κ3) is 2.57. The molecule has 0 saturated carbocycles. The molecule has 0 aromatic heterocycles. The highest BCUT2D eigenvalue weighted by molar-refractivity contribution is 5.89. The van der Waals surface area contributed by atoms with Gasteiger partial charge in [-0.2, -0.15) is 5.06 Å². The van der Waals surface area contributed by atoms with E-state index in [-0.39, 0.29) is 5.91 Å². The molecule has 0 unspecified atom stereocenters. The summed E-state index contributed by atoms with van der Waals surface area (Å²) < 4.78 is 0. The Labute approximate surface area is 107 Å². The predicted octanol–water partition coefficient (Wildman–Crippen LogP) is 3.27. The van der Waals surface area contributed by atoms with E-state index >= 15 is 0 Å². The number of carbonyl (C=O) groups is 1. The summed E-state index contributed by atoms with van der Waals surface area (Å²) in [5.41, 5.74) is 2.99. The highest BCUT2D eigenvalue weighted by Crippen LogP contribution is 2.23. The fourth-order valence-electron chi connectivity index (χ4n) is 1.84. The minimum atomic E-state index is -0.148. The van der Waals surface area contributed by atoms with Crippen LogP contribution >= 0.6 is 0 Å². The van der Waals surface area contributed by atoms with Gasteiger partial charge in [-0.25, -0.2) is 0 Å². The first-order valence-corrected chi connectivity index (χ1v) is 5.72. The summed E-state index contributed by atoms with van der Waals surface area (Å²) in [6, 6.07) is 17.8. The van der Waals surface area contributed by atoms with Crippen molar-refractivity contribution in [2.75, 3.05) is 12.2 Å². The maximum atomic E-state index is 11.3. The van der Waals surface area contributed by atoms with Gasteiger partial charge >= 0.3 is 0 Å². The lowest BCUT2D eigenvalue weighted by Gasteiger charge is -2.17. The first-order valence-electron chi connectivity index (χ1n) is 5.72. The van der Waals surface area contributed by atoms with E-state index in [2.05, 4.69) is 0 Å². The highest BCUT2D eigenvalue weighted by Gasteiger charge is 2.10. The van der Waals surface area contributed by atoms with E-state index in [9.17, 15) is 4.79 Å². The Morgan fingerprint density at radius 2 is 1.50 bits per heavy atom. The summed E-state index contributed by atoms with van der Waals surface area (Å²) >= 11 is 0. The van der Waals surface area contributed by atoms with Gasteiger partial charge in [0.2, 0.25) is 5.91 Å². The van der Waals surface area contributed by atoms with Crippen molar-refractivity contribution >= 4 is 11.6 Å². The van der Waals surface area contributed by atoms with Gasteiger partial charge in [-0.15, -0.1) is 0 Å². The Bertz CT molecular complexity index is 520. The Morgan fingerprint density at radius 1 is 0.944 bits per heavy atom. The molecule has 0 aliphatic carbocycles. The lowest BCUT2D eigenvalue weighted by Crippen LogP contribution is -2.26. The monoisotopic (exact) mass is 241 g/mol. The van der Waals surface area contributed by atoms with Gasteiger partial charge in [-0.05, 0) is 23.3 Å². The molecular weight excluding hydrogens is 226 g/mol. The number of hydrogen-bond donors (Lipinski definition) is 0. The third-order valence-electron chi connectivity index (χ3n) is 2.68. The summed E-state index contributed by atoms with van der Waals surface area (Å²) in [6.07, 6.45) is 0. The molecule has 0 radical (unpaired) electrons. The Balaban J connectivity index is 2.28. The van der Waals surface area contributed by atoms with E-state index in [1.54, 1.807) is 0 Å². The number of nitrogens with zero attached hydrogens (tertiary/aromatic N) is 1. The van der Waals surface area contributed by atoms with Crippen LogP contribution in [-0.4, -0.2) is 13.0 Å². The zero-order valence-electron chi connectivity index (χ0n) is 10.5. The topological polar surface area (TPSA) is 29.5 Å². The molecular formula is C15H15NO2. The Hall–Kier alpha value is -2.13. The maximum Gasteiger partial charge on any atom is 0.247 e. The van der Waals surface area contributed by atoms with Crippen LogP contribution in [0.5, 0.6) is 0 Å². The molecule has 1 amide bonds. The summed E-state index contributed by atoms with van der Waals surface area (Å²) in [6.45, 7) is 1.47. The molecule has 2 aromatic rings. The SMILES string of the molecule is CON(C(C)=O)c1ccc(-c2ccccc2)cc1. The van der Waals surface area contributed by atoms with Gasteiger partial charge < -0.3 is 0 Å². The third-order valence-corrected chi connectivity index (χ3v) is 2.68. The van der Waals surface area contributed by atoms with Crippen molar-refractivity contribution in [1.82, 2.24) is 0 Å². The van der Waals surface area contributed by atoms with Crippen molar-refractivity contribution in [1.29, 1.82) is 0 Å². The van der Waals surface area contributed by atoms with Gasteiger partial charge in [0.25, 0.3) is 0 Å². The van der Waals surface area contributed by atoms with Gasteiger partial charge in [0.1, 0.15) is 0 Å². The van der Waals surface area contributed by atoms with Crippen molar-refractivity contribution < 1.29 is 9.63 Å². The van der Waals surface area contributed by atoms with Crippen molar-refractivity contribution in [3.8, 4) is 11.1 Å². The van der Waals surface area contributed by atoms with Crippen molar-refractivity contribution in [2.24, 2.45) is 0 Å². The molecule has 92 valence electrons. The van der Waals surface area contributed by atoms with E-state index in [0.29, 0.717) is 0 Å². The van der Waals surface area contributed by atoms with Crippen LogP contribution in [0.4, 0.5) is 5.69 Å². The van der Waals surface area contributed by atoms with Crippen molar-refractivity contribution in [2.45, 2.75) is 6.92 Å². The molecule has 0 heterocycles. The minimum Gasteiger partial charge on any atom is -0.273 e. The smallest absolute Gasteiger partial charge is 0.247 e. The minimum absolute atomic E-state index is 0.148. The van der Waals surface area contributed by atoms with Crippen LogP contribution in [0.1, 0.15) is 6.92 Å². The second-order valence-corrected chi connectivity index (χ2v) is 3.91.